The molecule has 0 aromatic heterocycles. The minimum atomic E-state index is 0.525. The first kappa shape index (κ1) is 19.1. The maximum Gasteiger partial charge on any atom is 0.203 e. The van der Waals surface area contributed by atoms with E-state index in [0.717, 1.165) is 36.9 Å². The molecule has 1 aliphatic heterocycles. The lowest BCUT2D eigenvalue weighted by atomic mass is 9.86. The first-order valence-corrected chi connectivity index (χ1v) is 10.3. The van der Waals surface area contributed by atoms with Gasteiger partial charge < -0.3 is 14.2 Å². The lowest BCUT2D eigenvalue weighted by molar-refractivity contribution is 0.244. The van der Waals surface area contributed by atoms with Gasteiger partial charge in [-0.2, -0.15) is 0 Å². The Morgan fingerprint density at radius 1 is 0.929 bits per heavy atom. The average molecular weight is 382 g/mol. The van der Waals surface area contributed by atoms with E-state index in [2.05, 4.69) is 47.4 Å². The largest absolute Gasteiger partial charge is 0.493 e. The maximum atomic E-state index is 5.60. The van der Waals surface area contributed by atoms with Crippen LogP contribution in [0, 0.1) is 5.92 Å². The number of nitrogens with zero attached hydrogens (tertiary/aromatic N) is 1. The summed E-state index contributed by atoms with van der Waals surface area (Å²) >= 11 is 0. The third kappa shape index (κ3) is 3.58. The van der Waals surface area contributed by atoms with Crippen LogP contribution in [0.5, 0.6) is 17.2 Å². The Bertz CT molecular complexity index is 767. The van der Waals surface area contributed by atoms with Crippen molar-refractivity contribution in [3.63, 3.8) is 0 Å². The summed E-state index contributed by atoms with van der Waals surface area (Å²) in [5.41, 5.74) is 2.74. The van der Waals surface area contributed by atoms with Crippen LogP contribution in [0.25, 0.3) is 0 Å². The second kappa shape index (κ2) is 8.44. The highest BCUT2D eigenvalue weighted by Crippen LogP contribution is 2.49. The van der Waals surface area contributed by atoms with Gasteiger partial charge in [-0.3, -0.25) is 4.90 Å². The summed E-state index contributed by atoms with van der Waals surface area (Å²) in [5.74, 6) is 3.44. The summed E-state index contributed by atoms with van der Waals surface area (Å²) in [7, 11) is 5.05. The lowest BCUT2D eigenvalue weighted by Crippen LogP contribution is -2.31. The molecule has 3 atom stereocenters. The highest BCUT2D eigenvalue weighted by atomic mass is 16.5. The third-order valence-electron chi connectivity index (χ3n) is 6.59. The minimum Gasteiger partial charge on any atom is -0.493 e. The van der Waals surface area contributed by atoms with Crippen molar-refractivity contribution in [1.82, 2.24) is 4.90 Å². The lowest BCUT2D eigenvalue weighted by Gasteiger charge is -2.23. The summed E-state index contributed by atoms with van der Waals surface area (Å²) in [6, 6.07) is 15.8. The SMILES string of the molecule is COc1cc(C2CN(CCc3ccccc3)C3CCCC23)cc(OC)c1OC. The van der Waals surface area contributed by atoms with Crippen molar-refractivity contribution in [2.24, 2.45) is 5.92 Å². The van der Waals surface area contributed by atoms with Crippen LogP contribution in [0.3, 0.4) is 0 Å². The van der Waals surface area contributed by atoms with E-state index in [-0.39, 0.29) is 0 Å². The summed E-state index contributed by atoms with van der Waals surface area (Å²) in [5, 5.41) is 0. The summed E-state index contributed by atoms with van der Waals surface area (Å²) in [6.45, 7) is 2.24. The van der Waals surface area contributed by atoms with E-state index in [4.69, 9.17) is 14.2 Å². The van der Waals surface area contributed by atoms with Gasteiger partial charge in [0.25, 0.3) is 0 Å². The monoisotopic (exact) mass is 381 g/mol. The standard InChI is InChI=1S/C24H31NO3/c1-26-22-14-18(15-23(27-2)24(22)28-3)20-16-25(21-11-7-10-19(20)21)13-12-17-8-5-4-6-9-17/h4-6,8-9,14-15,19-21H,7,10-13,16H2,1-3H3. The van der Waals surface area contributed by atoms with E-state index in [9.17, 15) is 0 Å². The molecule has 28 heavy (non-hydrogen) atoms. The highest BCUT2D eigenvalue weighted by molar-refractivity contribution is 5.55. The zero-order valence-electron chi connectivity index (χ0n) is 17.2. The molecule has 1 heterocycles. The number of hydrogen-bond acceptors (Lipinski definition) is 4. The molecule has 2 fully saturated rings. The molecule has 4 nitrogen and oxygen atoms in total. The fourth-order valence-corrected chi connectivity index (χ4v) is 5.26. The van der Waals surface area contributed by atoms with Crippen LogP contribution in [0.15, 0.2) is 42.5 Å². The maximum absolute atomic E-state index is 5.60. The van der Waals surface area contributed by atoms with E-state index >= 15 is 0 Å². The van der Waals surface area contributed by atoms with Crippen molar-refractivity contribution in [2.75, 3.05) is 34.4 Å². The van der Waals surface area contributed by atoms with Gasteiger partial charge in [0, 0.05) is 25.0 Å². The number of rotatable bonds is 7. The zero-order valence-corrected chi connectivity index (χ0v) is 17.2. The van der Waals surface area contributed by atoms with E-state index in [1.54, 1.807) is 21.3 Å². The molecule has 0 amide bonds. The van der Waals surface area contributed by atoms with Gasteiger partial charge in [-0.25, -0.2) is 0 Å². The number of ether oxygens (including phenoxy) is 3. The predicted octanol–water partition coefficient (Wildman–Crippen LogP) is 4.52. The topological polar surface area (TPSA) is 30.9 Å². The van der Waals surface area contributed by atoms with Gasteiger partial charge in [-0.15, -0.1) is 0 Å². The highest BCUT2D eigenvalue weighted by Gasteiger charge is 2.44. The predicted molar refractivity (Wildman–Crippen MR) is 112 cm³/mol. The molecule has 0 N–H and O–H groups in total. The second-order valence-electron chi connectivity index (χ2n) is 7.96. The molecule has 0 spiro atoms. The quantitative estimate of drug-likeness (QED) is 0.705. The van der Waals surface area contributed by atoms with Gasteiger partial charge in [-0.1, -0.05) is 36.8 Å². The van der Waals surface area contributed by atoms with Crippen LogP contribution in [0.2, 0.25) is 0 Å². The van der Waals surface area contributed by atoms with Crippen LogP contribution < -0.4 is 14.2 Å². The molecule has 4 rings (SSSR count). The fourth-order valence-electron chi connectivity index (χ4n) is 5.26. The van der Waals surface area contributed by atoms with Gasteiger partial charge in [0.1, 0.15) is 0 Å². The Balaban J connectivity index is 1.56. The van der Waals surface area contributed by atoms with Crippen molar-refractivity contribution in [3.8, 4) is 17.2 Å². The van der Waals surface area contributed by atoms with E-state index in [1.165, 1.54) is 30.4 Å². The first-order valence-electron chi connectivity index (χ1n) is 10.3. The van der Waals surface area contributed by atoms with Crippen LogP contribution >= 0.6 is 0 Å². The Hall–Kier alpha value is -2.20. The van der Waals surface area contributed by atoms with Gasteiger partial charge >= 0.3 is 0 Å². The molecular formula is C24H31NO3. The summed E-state index contributed by atoms with van der Waals surface area (Å²) < 4.78 is 16.7. The Morgan fingerprint density at radius 3 is 2.29 bits per heavy atom. The molecule has 0 bridgehead atoms. The molecule has 2 aromatic rings. The van der Waals surface area contributed by atoms with E-state index in [0.29, 0.717) is 17.7 Å². The third-order valence-corrected chi connectivity index (χ3v) is 6.59. The molecule has 2 aromatic carbocycles. The molecular weight excluding hydrogens is 350 g/mol. The Morgan fingerprint density at radius 2 is 1.64 bits per heavy atom. The van der Waals surface area contributed by atoms with Gasteiger partial charge in [-0.05, 0) is 48.4 Å². The molecule has 150 valence electrons. The molecule has 1 aliphatic carbocycles. The van der Waals surface area contributed by atoms with Crippen LogP contribution in [-0.2, 0) is 6.42 Å². The first-order chi connectivity index (χ1) is 13.7. The number of likely N-dealkylation sites (tertiary alicyclic amines) is 1. The average Bonchev–Trinajstić information content (AvgIpc) is 3.35. The van der Waals surface area contributed by atoms with Gasteiger partial charge in [0.2, 0.25) is 5.75 Å². The van der Waals surface area contributed by atoms with Crippen molar-refractivity contribution in [2.45, 2.75) is 37.6 Å². The van der Waals surface area contributed by atoms with Crippen molar-refractivity contribution in [1.29, 1.82) is 0 Å². The number of methoxy groups -OCH3 is 3. The van der Waals surface area contributed by atoms with Crippen molar-refractivity contribution < 1.29 is 14.2 Å². The normalized spacial score (nSPS) is 24.2. The van der Waals surface area contributed by atoms with Crippen LogP contribution in [0.4, 0.5) is 0 Å². The molecule has 3 unspecified atom stereocenters. The zero-order chi connectivity index (χ0) is 19.5. The number of fused-ring (bicyclic) bond motifs is 1. The second-order valence-corrected chi connectivity index (χ2v) is 7.96. The van der Waals surface area contributed by atoms with E-state index < -0.39 is 0 Å². The minimum absolute atomic E-state index is 0.525. The van der Waals surface area contributed by atoms with E-state index in [1.807, 2.05) is 0 Å². The molecule has 1 saturated heterocycles. The van der Waals surface area contributed by atoms with Gasteiger partial charge in [0.15, 0.2) is 11.5 Å². The molecule has 1 saturated carbocycles. The number of hydrogen-bond donors (Lipinski definition) is 0. The summed E-state index contributed by atoms with van der Waals surface area (Å²) in [6.07, 6.45) is 5.08. The Kier molecular flexibility index (Phi) is 5.77. The van der Waals surface area contributed by atoms with Crippen molar-refractivity contribution in [3.05, 3.63) is 53.6 Å². The van der Waals surface area contributed by atoms with Crippen LogP contribution in [-0.4, -0.2) is 45.4 Å². The fraction of sp³-hybridized carbons (Fsp3) is 0.500. The summed E-state index contributed by atoms with van der Waals surface area (Å²) in [4.78, 5) is 2.72. The van der Waals surface area contributed by atoms with Gasteiger partial charge in [0.05, 0.1) is 21.3 Å². The molecule has 4 heteroatoms. The molecule has 2 aliphatic rings. The Labute approximate surface area is 168 Å². The smallest absolute Gasteiger partial charge is 0.203 e. The molecule has 0 radical (unpaired) electrons. The number of benzene rings is 2. The van der Waals surface area contributed by atoms with Crippen molar-refractivity contribution >= 4 is 0 Å². The van der Waals surface area contributed by atoms with Crippen LogP contribution in [0.1, 0.15) is 36.3 Å².